The summed E-state index contributed by atoms with van der Waals surface area (Å²) in [5, 5.41) is 9.87. The Bertz CT molecular complexity index is 433. The molecule has 0 amide bonds. The molecule has 1 aromatic rings. The van der Waals surface area contributed by atoms with Gasteiger partial charge in [-0.15, -0.1) is 0 Å². The maximum Gasteiger partial charge on any atom is 0.320 e. The number of carboxylic acid groups (broad SMARTS) is 1. The van der Waals surface area contributed by atoms with Gasteiger partial charge in [0.2, 0.25) is 0 Å². The lowest BCUT2D eigenvalue weighted by Crippen LogP contribution is -2.40. The molecular weight excluding hydrogens is 254 g/mol. The predicted molar refractivity (Wildman–Crippen MR) is 68.5 cm³/mol. The van der Waals surface area contributed by atoms with E-state index in [9.17, 15) is 9.90 Å². The largest absolute Gasteiger partial charge is 0.480 e. The van der Waals surface area contributed by atoms with Crippen molar-refractivity contribution in [3.8, 4) is 0 Å². The third-order valence-corrected chi connectivity index (χ3v) is 3.87. The third-order valence-electron chi connectivity index (χ3n) is 3.52. The molecule has 1 saturated heterocycles. The van der Waals surface area contributed by atoms with Crippen molar-refractivity contribution in [2.75, 3.05) is 6.54 Å². The molecule has 0 saturated carbocycles. The molecule has 0 spiro atoms. The van der Waals surface area contributed by atoms with Crippen LogP contribution in [-0.2, 0) is 18.4 Å². The SMILES string of the molecule is Cn1c(Cl)cnc1CN1CCCCCC1C(=O)O. The molecule has 6 heteroatoms. The van der Waals surface area contributed by atoms with Gasteiger partial charge in [-0.1, -0.05) is 24.4 Å². The number of rotatable bonds is 3. The quantitative estimate of drug-likeness (QED) is 0.912. The fourth-order valence-corrected chi connectivity index (χ4v) is 2.54. The lowest BCUT2D eigenvalue weighted by molar-refractivity contribution is -0.143. The molecule has 1 aliphatic heterocycles. The predicted octanol–water partition coefficient (Wildman–Crippen LogP) is 1.90. The van der Waals surface area contributed by atoms with Crippen LogP contribution in [0.1, 0.15) is 31.5 Å². The Morgan fingerprint density at radius 3 is 2.94 bits per heavy atom. The highest BCUT2D eigenvalue weighted by Crippen LogP contribution is 2.20. The van der Waals surface area contributed by atoms with Crippen molar-refractivity contribution in [2.24, 2.45) is 7.05 Å². The molecule has 18 heavy (non-hydrogen) atoms. The molecule has 1 fully saturated rings. The number of carbonyl (C=O) groups is 1. The summed E-state index contributed by atoms with van der Waals surface area (Å²) in [6.07, 6.45) is 5.44. The summed E-state index contributed by atoms with van der Waals surface area (Å²) >= 11 is 5.94. The Morgan fingerprint density at radius 2 is 2.33 bits per heavy atom. The molecule has 0 aliphatic carbocycles. The molecule has 1 aromatic heterocycles. The van der Waals surface area contributed by atoms with E-state index < -0.39 is 12.0 Å². The summed E-state index contributed by atoms with van der Waals surface area (Å²) in [4.78, 5) is 17.5. The number of nitrogens with zero attached hydrogens (tertiary/aromatic N) is 3. The number of carboxylic acids is 1. The zero-order valence-corrected chi connectivity index (χ0v) is 11.2. The van der Waals surface area contributed by atoms with E-state index in [2.05, 4.69) is 4.98 Å². The Morgan fingerprint density at radius 1 is 1.56 bits per heavy atom. The molecule has 2 heterocycles. The molecule has 0 radical (unpaired) electrons. The Hall–Kier alpha value is -1.07. The second-order valence-electron chi connectivity index (χ2n) is 4.73. The van der Waals surface area contributed by atoms with E-state index in [-0.39, 0.29) is 0 Å². The molecule has 1 aliphatic rings. The van der Waals surface area contributed by atoms with Gasteiger partial charge in [0.15, 0.2) is 0 Å². The van der Waals surface area contributed by atoms with Gasteiger partial charge in [0.25, 0.3) is 0 Å². The Labute approximate surface area is 111 Å². The minimum absolute atomic E-state index is 0.400. The zero-order valence-electron chi connectivity index (χ0n) is 10.5. The smallest absolute Gasteiger partial charge is 0.320 e. The lowest BCUT2D eigenvalue weighted by Gasteiger charge is -2.26. The van der Waals surface area contributed by atoms with Crippen LogP contribution in [0.15, 0.2) is 6.20 Å². The first kappa shape index (κ1) is 13.4. The topological polar surface area (TPSA) is 58.4 Å². The first-order valence-electron chi connectivity index (χ1n) is 6.22. The molecule has 5 nitrogen and oxygen atoms in total. The van der Waals surface area contributed by atoms with Crippen LogP contribution in [0.3, 0.4) is 0 Å². The first-order valence-corrected chi connectivity index (χ1v) is 6.60. The van der Waals surface area contributed by atoms with Gasteiger partial charge in [-0.3, -0.25) is 9.69 Å². The standard InChI is InChI=1S/C12H18ClN3O2/c1-15-10(13)7-14-11(15)8-16-6-4-2-3-5-9(16)12(17)18/h7,9H,2-6,8H2,1H3,(H,17,18). The molecule has 1 atom stereocenters. The van der Waals surface area contributed by atoms with Crippen LogP contribution in [0.4, 0.5) is 0 Å². The van der Waals surface area contributed by atoms with Gasteiger partial charge < -0.3 is 9.67 Å². The fourth-order valence-electron chi connectivity index (χ4n) is 2.39. The highest BCUT2D eigenvalue weighted by atomic mass is 35.5. The second kappa shape index (κ2) is 5.71. The number of hydrogen-bond donors (Lipinski definition) is 1. The van der Waals surface area contributed by atoms with Crippen LogP contribution in [0.5, 0.6) is 0 Å². The number of hydrogen-bond acceptors (Lipinski definition) is 3. The van der Waals surface area contributed by atoms with Crippen molar-refractivity contribution in [3.63, 3.8) is 0 Å². The van der Waals surface area contributed by atoms with E-state index >= 15 is 0 Å². The molecule has 0 bridgehead atoms. The Kier molecular flexibility index (Phi) is 4.24. The van der Waals surface area contributed by atoms with E-state index in [4.69, 9.17) is 11.6 Å². The number of imidazole rings is 1. The minimum Gasteiger partial charge on any atom is -0.480 e. The van der Waals surface area contributed by atoms with Crippen LogP contribution in [-0.4, -0.2) is 38.1 Å². The third kappa shape index (κ3) is 2.84. The van der Waals surface area contributed by atoms with E-state index in [1.165, 1.54) is 0 Å². The molecular formula is C12H18ClN3O2. The second-order valence-corrected chi connectivity index (χ2v) is 5.12. The summed E-state index contributed by atoms with van der Waals surface area (Å²) in [7, 11) is 1.85. The van der Waals surface area contributed by atoms with E-state index in [0.29, 0.717) is 18.1 Å². The number of likely N-dealkylation sites (tertiary alicyclic amines) is 1. The van der Waals surface area contributed by atoms with Crippen molar-refractivity contribution in [1.29, 1.82) is 0 Å². The fraction of sp³-hybridized carbons (Fsp3) is 0.667. The van der Waals surface area contributed by atoms with Gasteiger partial charge in [0, 0.05) is 7.05 Å². The molecule has 1 N–H and O–H groups in total. The molecule has 2 rings (SSSR count). The van der Waals surface area contributed by atoms with Crippen molar-refractivity contribution >= 4 is 17.6 Å². The van der Waals surface area contributed by atoms with Gasteiger partial charge in [-0.2, -0.15) is 0 Å². The van der Waals surface area contributed by atoms with Crippen LogP contribution in [0, 0.1) is 0 Å². The average molecular weight is 272 g/mol. The van der Waals surface area contributed by atoms with Gasteiger partial charge >= 0.3 is 5.97 Å². The van der Waals surface area contributed by atoms with Crippen molar-refractivity contribution in [3.05, 3.63) is 17.2 Å². The van der Waals surface area contributed by atoms with Gasteiger partial charge in [-0.05, 0) is 19.4 Å². The van der Waals surface area contributed by atoms with Crippen LogP contribution in [0.25, 0.3) is 0 Å². The number of aromatic nitrogens is 2. The number of aliphatic carboxylic acids is 1. The van der Waals surface area contributed by atoms with E-state index in [0.717, 1.165) is 31.6 Å². The number of halogens is 1. The van der Waals surface area contributed by atoms with Crippen molar-refractivity contribution in [2.45, 2.75) is 38.3 Å². The average Bonchev–Trinajstić information content (AvgIpc) is 2.57. The normalized spacial score (nSPS) is 21.8. The maximum atomic E-state index is 11.3. The van der Waals surface area contributed by atoms with E-state index in [1.807, 2.05) is 11.9 Å². The zero-order chi connectivity index (χ0) is 13.1. The summed E-state index contributed by atoms with van der Waals surface area (Å²) in [6, 6.07) is -0.400. The summed E-state index contributed by atoms with van der Waals surface area (Å²) in [6.45, 7) is 1.35. The van der Waals surface area contributed by atoms with Crippen LogP contribution in [0.2, 0.25) is 5.15 Å². The highest BCUT2D eigenvalue weighted by Gasteiger charge is 2.27. The van der Waals surface area contributed by atoms with Gasteiger partial charge in [-0.25, -0.2) is 4.98 Å². The summed E-state index contributed by atoms with van der Waals surface area (Å²) in [5.74, 6) is 0.0744. The van der Waals surface area contributed by atoms with Gasteiger partial charge in [0.1, 0.15) is 17.0 Å². The minimum atomic E-state index is -0.739. The van der Waals surface area contributed by atoms with E-state index in [1.54, 1.807) is 10.8 Å². The van der Waals surface area contributed by atoms with Crippen molar-refractivity contribution < 1.29 is 9.90 Å². The first-order chi connectivity index (χ1) is 8.59. The monoisotopic (exact) mass is 271 g/mol. The molecule has 0 aromatic carbocycles. The Balaban J connectivity index is 2.13. The molecule has 1 unspecified atom stereocenters. The lowest BCUT2D eigenvalue weighted by atomic mass is 10.1. The summed E-state index contributed by atoms with van der Waals surface area (Å²) in [5.41, 5.74) is 0. The highest BCUT2D eigenvalue weighted by molar-refractivity contribution is 6.29. The van der Waals surface area contributed by atoms with Crippen LogP contribution >= 0.6 is 11.6 Å². The van der Waals surface area contributed by atoms with Gasteiger partial charge in [0.05, 0.1) is 12.7 Å². The molecule has 100 valence electrons. The van der Waals surface area contributed by atoms with Crippen LogP contribution < -0.4 is 0 Å². The maximum absolute atomic E-state index is 11.3. The summed E-state index contributed by atoms with van der Waals surface area (Å²) < 4.78 is 1.80. The van der Waals surface area contributed by atoms with Crippen molar-refractivity contribution in [1.82, 2.24) is 14.5 Å².